The minimum Gasteiger partial charge on any atom is -0.508 e. The zero-order chi connectivity index (χ0) is 9.19. The largest absolute Gasteiger partial charge is 0.508 e. The third kappa shape index (κ3) is 2.92. The van der Waals surface area contributed by atoms with Crippen LogP contribution in [0.25, 0.3) is 0 Å². The molecule has 3 nitrogen and oxygen atoms in total. The van der Waals surface area contributed by atoms with Gasteiger partial charge in [0.15, 0.2) is 9.84 Å². The molecule has 4 heteroatoms. The fraction of sp³-hybridized carbons (Fsp3) is 0.250. The summed E-state index contributed by atoms with van der Waals surface area (Å²) in [5.74, 6) is 0.0673. The summed E-state index contributed by atoms with van der Waals surface area (Å²) in [6, 6.07) is 6.24. The lowest BCUT2D eigenvalue weighted by Crippen LogP contribution is -1.99. The molecule has 0 saturated carbocycles. The Morgan fingerprint density at radius 3 is 2.58 bits per heavy atom. The van der Waals surface area contributed by atoms with Crippen molar-refractivity contribution in [3.63, 3.8) is 0 Å². The van der Waals surface area contributed by atoms with Crippen molar-refractivity contribution in [3.05, 3.63) is 29.8 Å². The summed E-state index contributed by atoms with van der Waals surface area (Å²) in [6.45, 7) is 0. The summed E-state index contributed by atoms with van der Waals surface area (Å²) in [5.41, 5.74) is 0.609. The second-order valence-electron chi connectivity index (χ2n) is 2.74. The van der Waals surface area contributed by atoms with Gasteiger partial charge >= 0.3 is 0 Å². The highest BCUT2D eigenvalue weighted by Gasteiger charge is 2.03. The van der Waals surface area contributed by atoms with Crippen LogP contribution in [0.15, 0.2) is 24.3 Å². The van der Waals surface area contributed by atoms with Gasteiger partial charge in [0.2, 0.25) is 0 Å². The third-order valence-electron chi connectivity index (χ3n) is 1.34. The number of phenols is 1. The summed E-state index contributed by atoms with van der Waals surface area (Å²) in [4.78, 5) is 0. The molecule has 0 aromatic heterocycles. The van der Waals surface area contributed by atoms with Gasteiger partial charge in [-0.15, -0.1) is 0 Å². The SMILES string of the molecule is CS(=O)(=O)Cc1cccc(O)c1. The van der Waals surface area contributed by atoms with Crippen molar-refractivity contribution in [2.45, 2.75) is 5.75 Å². The van der Waals surface area contributed by atoms with E-state index in [0.29, 0.717) is 5.56 Å². The first-order valence-electron chi connectivity index (χ1n) is 3.43. The van der Waals surface area contributed by atoms with Gasteiger partial charge in [-0.05, 0) is 17.7 Å². The molecule has 0 aliphatic rings. The van der Waals surface area contributed by atoms with Gasteiger partial charge in [0.05, 0.1) is 5.75 Å². The van der Waals surface area contributed by atoms with Crippen LogP contribution in [0.4, 0.5) is 0 Å². The molecule has 12 heavy (non-hydrogen) atoms. The molecule has 0 aliphatic heterocycles. The number of hydrogen-bond donors (Lipinski definition) is 1. The van der Waals surface area contributed by atoms with E-state index < -0.39 is 9.84 Å². The fourth-order valence-corrected chi connectivity index (χ4v) is 1.73. The van der Waals surface area contributed by atoms with Gasteiger partial charge in [-0.3, -0.25) is 0 Å². The van der Waals surface area contributed by atoms with Gasteiger partial charge in [0.25, 0.3) is 0 Å². The molecule has 0 atom stereocenters. The smallest absolute Gasteiger partial charge is 0.151 e. The van der Waals surface area contributed by atoms with E-state index in [1.165, 1.54) is 12.1 Å². The van der Waals surface area contributed by atoms with E-state index in [2.05, 4.69) is 0 Å². The second-order valence-corrected chi connectivity index (χ2v) is 4.88. The minimum absolute atomic E-state index is 0.0264. The Labute approximate surface area is 71.6 Å². The molecule has 0 unspecified atom stereocenters. The van der Waals surface area contributed by atoms with Crippen LogP contribution in [0.2, 0.25) is 0 Å². The van der Waals surface area contributed by atoms with Crippen molar-refractivity contribution in [1.82, 2.24) is 0 Å². The lowest BCUT2D eigenvalue weighted by Gasteiger charge is -1.98. The summed E-state index contributed by atoms with van der Waals surface area (Å²) in [5, 5.41) is 9.02. The highest BCUT2D eigenvalue weighted by Crippen LogP contribution is 2.12. The lowest BCUT2D eigenvalue weighted by atomic mass is 10.2. The normalized spacial score (nSPS) is 11.4. The predicted molar refractivity (Wildman–Crippen MR) is 46.7 cm³/mol. The fourth-order valence-electron chi connectivity index (χ4n) is 0.949. The highest BCUT2D eigenvalue weighted by molar-refractivity contribution is 7.89. The summed E-state index contributed by atoms with van der Waals surface area (Å²) in [6.07, 6.45) is 1.16. The minimum atomic E-state index is -3.01. The van der Waals surface area contributed by atoms with Crippen molar-refractivity contribution in [1.29, 1.82) is 0 Å². The van der Waals surface area contributed by atoms with Crippen molar-refractivity contribution < 1.29 is 13.5 Å². The van der Waals surface area contributed by atoms with E-state index in [0.717, 1.165) is 6.26 Å². The van der Waals surface area contributed by atoms with Crippen molar-refractivity contribution in [2.75, 3.05) is 6.26 Å². The molecule has 0 saturated heterocycles. The first-order chi connectivity index (χ1) is 5.47. The highest BCUT2D eigenvalue weighted by atomic mass is 32.2. The van der Waals surface area contributed by atoms with Crippen LogP contribution in [0, 0.1) is 0 Å². The first kappa shape index (κ1) is 9.06. The molecule has 0 bridgehead atoms. The Bertz CT molecular complexity index is 368. The Morgan fingerprint density at radius 2 is 2.08 bits per heavy atom. The van der Waals surface area contributed by atoms with Crippen LogP contribution in [-0.4, -0.2) is 19.8 Å². The van der Waals surface area contributed by atoms with Gasteiger partial charge < -0.3 is 5.11 Å². The number of rotatable bonds is 2. The molecular formula is C8H10O3S. The molecular weight excluding hydrogens is 176 g/mol. The van der Waals surface area contributed by atoms with Crippen LogP contribution < -0.4 is 0 Å². The van der Waals surface area contributed by atoms with E-state index >= 15 is 0 Å². The first-order valence-corrected chi connectivity index (χ1v) is 5.49. The molecule has 0 amide bonds. The molecule has 0 fully saturated rings. The zero-order valence-corrected chi connectivity index (χ0v) is 7.50. The molecule has 1 rings (SSSR count). The second kappa shape index (κ2) is 3.15. The monoisotopic (exact) mass is 186 g/mol. The Hall–Kier alpha value is -1.03. The van der Waals surface area contributed by atoms with Gasteiger partial charge in [0.1, 0.15) is 5.75 Å². The number of phenolic OH excluding ortho intramolecular Hbond substituents is 1. The van der Waals surface area contributed by atoms with Crippen LogP contribution in [-0.2, 0) is 15.6 Å². The molecule has 1 aromatic rings. The van der Waals surface area contributed by atoms with Crippen molar-refractivity contribution in [2.24, 2.45) is 0 Å². The predicted octanol–water partition coefficient (Wildman–Crippen LogP) is 0.937. The molecule has 66 valence electrons. The molecule has 0 aliphatic carbocycles. The van der Waals surface area contributed by atoms with Crippen molar-refractivity contribution in [3.8, 4) is 5.75 Å². The van der Waals surface area contributed by atoms with Gasteiger partial charge in [-0.25, -0.2) is 8.42 Å². The Balaban J connectivity index is 2.91. The number of aromatic hydroxyl groups is 1. The van der Waals surface area contributed by atoms with E-state index in [4.69, 9.17) is 5.11 Å². The van der Waals surface area contributed by atoms with Gasteiger partial charge in [-0.1, -0.05) is 12.1 Å². The van der Waals surface area contributed by atoms with Gasteiger partial charge in [0, 0.05) is 6.26 Å². The van der Waals surface area contributed by atoms with E-state index in [9.17, 15) is 8.42 Å². The standard InChI is InChI=1S/C8H10O3S/c1-12(10,11)6-7-3-2-4-8(9)5-7/h2-5,9H,6H2,1H3. The van der Waals surface area contributed by atoms with Crippen LogP contribution in [0.1, 0.15) is 5.56 Å². The molecule has 1 aromatic carbocycles. The quantitative estimate of drug-likeness (QED) is 0.747. The van der Waals surface area contributed by atoms with Crippen LogP contribution >= 0.6 is 0 Å². The van der Waals surface area contributed by atoms with E-state index in [-0.39, 0.29) is 11.5 Å². The van der Waals surface area contributed by atoms with Gasteiger partial charge in [-0.2, -0.15) is 0 Å². The lowest BCUT2D eigenvalue weighted by molar-refractivity contribution is 0.475. The van der Waals surface area contributed by atoms with E-state index in [1.807, 2.05) is 0 Å². The molecule has 1 N–H and O–H groups in total. The number of sulfone groups is 1. The molecule has 0 spiro atoms. The average molecular weight is 186 g/mol. The molecule has 0 radical (unpaired) electrons. The Kier molecular flexibility index (Phi) is 2.38. The summed E-state index contributed by atoms with van der Waals surface area (Å²) in [7, 11) is -3.01. The zero-order valence-electron chi connectivity index (χ0n) is 6.69. The Morgan fingerprint density at radius 1 is 1.42 bits per heavy atom. The van der Waals surface area contributed by atoms with Crippen molar-refractivity contribution >= 4 is 9.84 Å². The topological polar surface area (TPSA) is 54.4 Å². The number of hydrogen-bond acceptors (Lipinski definition) is 3. The van der Waals surface area contributed by atoms with E-state index in [1.54, 1.807) is 12.1 Å². The van der Waals surface area contributed by atoms with Crippen LogP contribution in [0.5, 0.6) is 5.75 Å². The average Bonchev–Trinajstić information content (AvgIpc) is 1.82. The maximum absolute atomic E-state index is 10.8. The third-order valence-corrected chi connectivity index (χ3v) is 2.20. The summed E-state index contributed by atoms with van der Waals surface area (Å²) >= 11 is 0. The van der Waals surface area contributed by atoms with Crippen LogP contribution in [0.3, 0.4) is 0 Å². The maximum Gasteiger partial charge on any atom is 0.151 e. The summed E-state index contributed by atoms with van der Waals surface area (Å²) < 4.78 is 21.7. The molecule has 0 heterocycles. The number of benzene rings is 1. The maximum atomic E-state index is 10.8.